The summed E-state index contributed by atoms with van der Waals surface area (Å²) in [6, 6.07) is 5.73. The monoisotopic (exact) mass is 324 g/mol. The van der Waals surface area contributed by atoms with Crippen LogP contribution in [0.5, 0.6) is 0 Å². The van der Waals surface area contributed by atoms with Crippen LogP contribution in [0.4, 0.5) is 0 Å². The standard InChI is InChI=1S/C13H13BrN2O3/c1-7-9-5-8(14)3-4-10(9)16-12(7)13(18)15-6-11(17)19-2/h3-5,16H,6H2,1-2H3,(H,15,18). The zero-order valence-corrected chi connectivity index (χ0v) is 12.1. The Morgan fingerprint density at radius 2 is 2.16 bits per heavy atom. The van der Waals surface area contributed by atoms with Gasteiger partial charge in [-0.15, -0.1) is 0 Å². The number of H-pyrrole nitrogens is 1. The van der Waals surface area contributed by atoms with Gasteiger partial charge in [0.15, 0.2) is 0 Å². The molecule has 2 rings (SSSR count). The zero-order valence-electron chi connectivity index (χ0n) is 10.5. The highest BCUT2D eigenvalue weighted by atomic mass is 79.9. The minimum absolute atomic E-state index is 0.145. The summed E-state index contributed by atoms with van der Waals surface area (Å²) in [5, 5.41) is 3.48. The number of rotatable bonds is 3. The first-order valence-electron chi connectivity index (χ1n) is 5.65. The highest BCUT2D eigenvalue weighted by molar-refractivity contribution is 9.10. The fraction of sp³-hybridized carbons (Fsp3) is 0.231. The van der Waals surface area contributed by atoms with Crippen molar-refractivity contribution in [3.05, 3.63) is 33.9 Å². The molecule has 1 heterocycles. The molecular weight excluding hydrogens is 312 g/mol. The minimum Gasteiger partial charge on any atom is -0.468 e. The van der Waals surface area contributed by atoms with Crippen molar-refractivity contribution in [3.8, 4) is 0 Å². The number of aryl methyl sites for hydroxylation is 1. The zero-order chi connectivity index (χ0) is 14.0. The highest BCUT2D eigenvalue weighted by Gasteiger charge is 2.15. The van der Waals surface area contributed by atoms with E-state index in [1.54, 1.807) is 0 Å². The van der Waals surface area contributed by atoms with Gasteiger partial charge in [0.05, 0.1) is 7.11 Å². The smallest absolute Gasteiger partial charge is 0.325 e. The Morgan fingerprint density at radius 3 is 2.84 bits per heavy atom. The number of halogens is 1. The molecule has 0 saturated carbocycles. The Kier molecular flexibility index (Phi) is 3.90. The number of esters is 1. The molecule has 0 radical (unpaired) electrons. The summed E-state index contributed by atoms with van der Waals surface area (Å²) in [5.41, 5.74) is 2.18. The van der Waals surface area contributed by atoms with Crippen molar-refractivity contribution < 1.29 is 14.3 Å². The number of benzene rings is 1. The summed E-state index contributed by atoms with van der Waals surface area (Å²) in [4.78, 5) is 26.0. The normalized spacial score (nSPS) is 10.5. The number of fused-ring (bicyclic) bond motifs is 1. The van der Waals surface area contributed by atoms with Crippen molar-refractivity contribution in [3.63, 3.8) is 0 Å². The Bertz CT molecular complexity index is 649. The van der Waals surface area contributed by atoms with Crippen LogP contribution in [0.3, 0.4) is 0 Å². The second kappa shape index (κ2) is 5.44. The Hall–Kier alpha value is -1.82. The van der Waals surface area contributed by atoms with E-state index in [0.717, 1.165) is 20.9 Å². The second-order valence-corrected chi connectivity index (χ2v) is 4.99. The van der Waals surface area contributed by atoms with Crippen molar-refractivity contribution in [2.45, 2.75) is 6.92 Å². The summed E-state index contributed by atoms with van der Waals surface area (Å²) in [6.45, 7) is 1.71. The fourth-order valence-electron chi connectivity index (χ4n) is 1.84. The van der Waals surface area contributed by atoms with Gasteiger partial charge in [0, 0.05) is 15.4 Å². The van der Waals surface area contributed by atoms with Crippen molar-refractivity contribution in [2.75, 3.05) is 13.7 Å². The summed E-state index contributed by atoms with van der Waals surface area (Å²) in [5.74, 6) is -0.805. The van der Waals surface area contributed by atoms with Gasteiger partial charge >= 0.3 is 5.97 Å². The summed E-state index contributed by atoms with van der Waals surface area (Å²) >= 11 is 3.40. The van der Waals surface area contributed by atoms with Gasteiger partial charge in [-0.2, -0.15) is 0 Å². The first-order chi connectivity index (χ1) is 9.02. The van der Waals surface area contributed by atoms with Gasteiger partial charge in [0.25, 0.3) is 5.91 Å². The molecule has 0 aliphatic heterocycles. The molecule has 2 aromatic rings. The molecule has 0 fully saturated rings. The van der Waals surface area contributed by atoms with Crippen LogP contribution in [0.1, 0.15) is 16.1 Å². The number of ether oxygens (including phenoxy) is 1. The molecule has 0 atom stereocenters. The lowest BCUT2D eigenvalue weighted by Gasteiger charge is -2.02. The summed E-state index contributed by atoms with van der Waals surface area (Å²) < 4.78 is 5.42. The van der Waals surface area contributed by atoms with E-state index in [0.29, 0.717) is 5.69 Å². The molecule has 0 aliphatic rings. The van der Waals surface area contributed by atoms with Crippen molar-refractivity contribution >= 4 is 38.7 Å². The predicted molar refractivity (Wildman–Crippen MR) is 75.1 cm³/mol. The molecule has 0 aliphatic carbocycles. The Morgan fingerprint density at radius 1 is 1.42 bits per heavy atom. The van der Waals surface area contributed by atoms with E-state index in [1.807, 2.05) is 25.1 Å². The summed E-state index contributed by atoms with van der Waals surface area (Å²) in [7, 11) is 1.28. The van der Waals surface area contributed by atoms with E-state index in [-0.39, 0.29) is 12.5 Å². The van der Waals surface area contributed by atoms with Crippen molar-refractivity contribution in [2.24, 2.45) is 0 Å². The topological polar surface area (TPSA) is 71.2 Å². The maximum absolute atomic E-state index is 12.0. The second-order valence-electron chi connectivity index (χ2n) is 4.07. The van der Waals surface area contributed by atoms with E-state index in [1.165, 1.54) is 7.11 Å². The molecule has 5 nitrogen and oxygen atoms in total. The first kappa shape index (κ1) is 13.6. The van der Waals surface area contributed by atoms with Gasteiger partial charge in [-0.1, -0.05) is 15.9 Å². The molecular formula is C13H13BrN2O3. The quantitative estimate of drug-likeness (QED) is 0.850. The van der Waals surface area contributed by atoms with Crippen LogP contribution in [0.25, 0.3) is 10.9 Å². The minimum atomic E-state index is -0.482. The van der Waals surface area contributed by atoms with Crippen LogP contribution >= 0.6 is 15.9 Å². The molecule has 1 amide bonds. The third-order valence-electron chi connectivity index (χ3n) is 2.87. The lowest BCUT2D eigenvalue weighted by molar-refractivity contribution is -0.139. The highest BCUT2D eigenvalue weighted by Crippen LogP contribution is 2.25. The fourth-order valence-corrected chi connectivity index (χ4v) is 2.20. The van der Waals surface area contributed by atoms with E-state index < -0.39 is 5.97 Å². The Balaban J connectivity index is 2.27. The number of aromatic amines is 1. The molecule has 0 saturated heterocycles. The third-order valence-corrected chi connectivity index (χ3v) is 3.36. The van der Waals surface area contributed by atoms with Gasteiger partial charge in [-0.3, -0.25) is 9.59 Å². The molecule has 0 unspecified atom stereocenters. The number of carbonyl (C=O) groups is 2. The molecule has 100 valence electrons. The van der Waals surface area contributed by atoms with Crippen LogP contribution in [-0.2, 0) is 9.53 Å². The third kappa shape index (κ3) is 2.78. The first-order valence-corrected chi connectivity index (χ1v) is 6.45. The SMILES string of the molecule is COC(=O)CNC(=O)c1[nH]c2ccc(Br)cc2c1C. The van der Waals surface area contributed by atoms with E-state index >= 15 is 0 Å². The van der Waals surface area contributed by atoms with E-state index in [2.05, 4.69) is 31.0 Å². The van der Waals surface area contributed by atoms with Gasteiger partial charge in [0.2, 0.25) is 0 Å². The van der Waals surface area contributed by atoms with Crippen molar-refractivity contribution in [1.82, 2.24) is 10.3 Å². The predicted octanol–water partition coefficient (Wildman–Crippen LogP) is 2.14. The molecule has 6 heteroatoms. The maximum Gasteiger partial charge on any atom is 0.325 e. The van der Waals surface area contributed by atoms with Crippen LogP contribution in [0.15, 0.2) is 22.7 Å². The Labute approximate surface area is 118 Å². The molecule has 2 N–H and O–H groups in total. The van der Waals surface area contributed by atoms with Gasteiger partial charge in [-0.05, 0) is 30.7 Å². The summed E-state index contributed by atoms with van der Waals surface area (Å²) in [6.07, 6.45) is 0. The van der Waals surface area contributed by atoms with Gasteiger partial charge in [-0.25, -0.2) is 0 Å². The van der Waals surface area contributed by atoms with Crippen LogP contribution in [0, 0.1) is 6.92 Å². The maximum atomic E-state index is 12.0. The lowest BCUT2D eigenvalue weighted by atomic mass is 10.1. The number of methoxy groups -OCH3 is 1. The van der Waals surface area contributed by atoms with Crippen LogP contribution in [0.2, 0.25) is 0 Å². The largest absolute Gasteiger partial charge is 0.468 e. The molecule has 0 bridgehead atoms. The molecule has 1 aromatic heterocycles. The molecule has 0 spiro atoms. The van der Waals surface area contributed by atoms with Crippen LogP contribution in [-0.4, -0.2) is 30.5 Å². The molecule has 1 aromatic carbocycles. The number of carbonyl (C=O) groups excluding carboxylic acids is 2. The average molecular weight is 325 g/mol. The van der Waals surface area contributed by atoms with E-state index in [9.17, 15) is 9.59 Å². The lowest BCUT2D eigenvalue weighted by Crippen LogP contribution is -2.30. The molecule has 19 heavy (non-hydrogen) atoms. The van der Waals surface area contributed by atoms with Gasteiger partial charge in [0.1, 0.15) is 12.2 Å². The number of hydrogen-bond acceptors (Lipinski definition) is 3. The van der Waals surface area contributed by atoms with Crippen LogP contribution < -0.4 is 5.32 Å². The number of amides is 1. The number of nitrogens with one attached hydrogen (secondary N) is 2. The van der Waals surface area contributed by atoms with Crippen molar-refractivity contribution in [1.29, 1.82) is 0 Å². The number of aromatic nitrogens is 1. The average Bonchev–Trinajstić information content (AvgIpc) is 2.73. The van der Waals surface area contributed by atoms with Gasteiger partial charge < -0.3 is 15.0 Å². The number of hydrogen-bond donors (Lipinski definition) is 2. The van der Waals surface area contributed by atoms with E-state index in [4.69, 9.17) is 0 Å².